The number of nitriles is 1. The summed E-state index contributed by atoms with van der Waals surface area (Å²) in [7, 11) is -3.70. The highest BCUT2D eigenvalue weighted by molar-refractivity contribution is 7.89. The molecule has 0 radical (unpaired) electrons. The molecule has 0 aliphatic rings. The number of hydrogen-bond donors (Lipinski definition) is 1. The van der Waals surface area contributed by atoms with Crippen molar-refractivity contribution in [3.63, 3.8) is 0 Å². The number of hydrogen-bond acceptors (Lipinski definition) is 3. The van der Waals surface area contributed by atoms with Gasteiger partial charge in [-0.05, 0) is 43.0 Å². The molecule has 0 fully saturated rings. The lowest BCUT2D eigenvalue weighted by molar-refractivity contribution is 0.573. The van der Waals surface area contributed by atoms with E-state index in [2.05, 4.69) is 4.72 Å². The molecule has 0 saturated carbocycles. The first kappa shape index (κ1) is 17.1. The molecular formula is C17H17FN2O2S. The lowest BCUT2D eigenvalue weighted by Gasteiger charge is -2.08. The number of unbranched alkanes of at least 4 members (excludes halogenated alkanes) is 1. The lowest BCUT2D eigenvalue weighted by atomic mass is 10.1. The Balaban J connectivity index is 1.86. The van der Waals surface area contributed by atoms with E-state index in [-0.39, 0.29) is 22.8 Å². The zero-order chi connectivity index (χ0) is 16.7. The molecule has 2 aromatic carbocycles. The number of sulfonamides is 1. The van der Waals surface area contributed by atoms with Crippen molar-refractivity contribution in [3.05, 3.63) is 65.5 Å². The first-order valence-corrected chi connectivity index (χ1v) is 8.75. The number of nitrogens with zero attached hydrogens (tertiary/aromatic N) is 1. The zero-order valence-corrected chi connectivity index (χ0v) is 13.3. The number of benzene rings is 2. The summed E-state index contributed by atoms with van der Waals surface area (Å²) in [4.78, 5) is -0.0170. The van der Waals surface area contributed by atoms with E-state index in [1.807, 2.05) is 6.07 Å². The van der Waals surface area contributed by atoms with E-state index in [0.29, 0.717) is 24.8 Å². The van der Waals surface area contributed by atoms with Gasteiger partial charge in [0.1, 0.15) is 11.9 Å². The van der Waals surface area contributed by atoms with Gasteiger partial charge in [0.2, 0.25) is 10.0 Å². The minimum absolute atomic E-state index is 0.0170. The fourth-order valence-electron chi connectivity index (χ4n) is 2.22. The van der Waals surface area contributed by atoms with Gasteiger partial charge in [-0.3, -0.25) is 0 Å². The number of aryl methyl sites for hydroxylation is 1. The van der Waals surface area contributed by atoms with E-state index >= 15 is 0 Å². The van der Waals surface area contributed by atoms with E-state index in [0.717, 1.165) is 0 Å². The zero-order valence-electron chi connectivity index (χ0n) is 12.5. The van der Waals surface area contributed by atoms with Crippen LogP contribution in [0.5, 0.6) is 0 Å². The van der Waals surface area contributed by atoms with Crippen LogP contribution in [0.25, 0.3) is 0 Å². The van der Waals surface area contributed by atoms with Gasteiger partial charge in [-0.1, -0.05) is 30.3 Å². The maximum Gasteiger partial charge on any atom is 0.241 e. The van der Waals surface area contributed by atoms with Crippen molar-refractivity contribution in [2.24, 2.45) is 0 Å². The monoisotopic (exact) mass is 332 g/mol. The van der Waals surface area contributed by atoms with Gasteiger partial charge in [0.25, 0.3) is 0 Å². The van der Waals surface area contributed by atoms with E-state index in [4.69, 9.17) is 5.26 Å². The largest absolute Gasteiger partial charge is 0.241 e. The van der Waals surface area contributed by atoms with Crippen molar-refractivity contribution in [2.45, 2.75) is 24.2 Å². The molecule has 23 heavy (non-hydrogen) atoms. The lowest BCUT2D eigenvalue weighted by Crippen LogP contribution is -2.25. The minimum Gasteiger partial charge on any atom is -0.211 e. The summed E-state index contributed by atoms with van der Waals surface area (Å²) in [5.74, 6) is -0.240. The first-order valence-electron chi connectivity index (χ1n) is 7.27. The van der Waals surface area contributed by atoms with Crippen LogP contribution in [0.4, 0.5) is 4.39 Å². The second-order valence-electron chi connectivity index (χ2n) is 5.05. The van der Waals surface area contributed by atoms with Crippen LogP contribution in [-0.2, 0) is 16.4 Å². The molecule has 4 nitrogen and oxygen atoms in total. The summed E-state index contributed by atoms with van der Waals surface area (Å²) in [6.45, 7) is 0.247. The van der Waals surface area contributed by atoms with Gasteiger partial charge in [0.15, 0.2) is 0 Å². The van der Waals surface area contributed by atoms with Crippen molar-refractivity contribution in [1.82, 2.24) is 4.72 Å². The molecule has 0 atom stereocenters. The average Bonchev–Trinajstić information content (AvgIpc) is 2.56. The number of rotatable bonds is 7. The van der Waals surface area contributed by atoms with Gasteiger partial charge in [-0.25, -0.2) is 17.5 Å². The Morgan fingerprint density at radius 1 is 1.04 bits per heavy atom. The van der Waals surface area contributed by atoms with Crippen LogP contribution in [0.2, 0.25) is 0 Å². The molecule has 0 heterocycles. The van der Waals surface area contributed by atoms with Gasteiger partial charge in [-0.2, -0.15) is 5.26 Å². The molecule has 0 unspecified atom stereocenters. The average molecular weight is 332 g/mol. The van der Waals surface area contributed by atoms with Crippen LogP contribution in [0.3, 0.4) is 0 Å². The van der Waals surface area contributed by atoms with Crippen molar-refractivity contribution in [3.8, 4) is 6.07 Å². The molecule has 2 aromatic rings. The topological polar surface area (TPSA) is 70.0 Å². The second-order valence-corrected chi connectivity index (χ2v) is 6.79. The number of halogens is 1. The van der Waals surface area contributed by atoms with Crippen LogP contribution in [0, 0.1) is 17.1 Å². The molecule has 0 aliphatic heterocycles. The molecule has 2 rings (SSSR count). The summed E-state index contributed by atoms with van der Waals surface area (Å²) >= 11 is 0. The van der Waals surface area contributed by atoms with E-state index < -0.39 is 10.0 Å². The second kappa shape index (κ2) is 7.86. The third kappa shape index (κ3) is 4.62. The van der Waals surface area contributed by atoms with Crippen LogP contribution in [0.15, 0.2) is 53.4 Å². The Morgan fingerprint density at radius 3 is 2.48 bits per heavy atom. The molecule has 0 saturated heterocycles. The van der Waals surface area contributed by atoms with Crippen molar-refractivity contribution < 1.29 is 12.8 Å². The Kier molecular flexibility index (Phi) is 5.85. The van der Waals surface area contributed by atoms with E-state index in [9.17, 15) is 12.8 Å². The van der Waals surface area contributed by atoms with Gasteiger partial charge in [0.05, 0.1) is 10.5 Å². The summed E-state index contributed by atoms with van der Waals surface area (Å²) < 4.78 is 40.3. The van der Waals surface area contributed by atoms with E-state index in [1.165, 1.54) is 18.2 Å². The molecule has 0 aromatic heterocycles. The normalized spacial score (nSPS) is 11.1. The standard InChI is InChI=1S/C17H17FN2O2S/c18-16-10-3-1-7-14(16)8-5-6-12-20-23(21,22)17-11-4-2-9-15(17)13-19/h1-4,7,9-11,20H,5-6,8,12H2. The summed E-state index contributed by atoms with van der Waals surface area (Å²) in [6, 6.07) is 14.5. The Labute approximate surface area is 135 Å². The fraction of sp³-hybridized carbons (Fsp3) is 0.235. The first-order chi connectivity index (χ1) is 11.0. The predicted octanol–water partition coefficient (Wildman–Crippen LogP) is 3.00. The maximum absolute atomic E-state index is 13.5. The van der Waals surface area contributed by atoms with E-state index in [1.54, 1.807) is 30.3 Å². The molecule has 0 bridgehead atoms. The molecule has 0 spiro atoms. The highest BCUT2D eigenvalue weighted by atomic mass is 32.2. The SMILES string of the molecule is N#Cc1ccccc1S(=O)(=O)NCCCCc1ccccc1F. The third-order valence-corrected chi connectivity index (χ3v) is 4.94. The van der Waals surface area contributed by atoms with Gasteiger partial charge in [-0.15, -0.1) is 0 Å². The Bertz CT molecular complexity index is 813. The molecule has 1 N–H and O–H groups in total. The molecular weight excluding hydrogens is 315 g/mol. The van der Waals surface area contributed by atoms with Gasteiger partial charge >= 0.3 is 0 Å². The van der Waals surface area contributed by atoms with Crippen LogP contribution in [-0.4, -0.2) is 15.0 Å². The quantitative estimate of drug-likeness (QED) is 0.792. The van der Waals surface area contributed by atoms with Crippen molar-refractivity contribution in [1.29, 1.82) is 5.26 Å². The van der Waals surface area contributed by atoms with Gasteiger partial charge < -0.3 is 0 Å². The highest BCUT2D eigenvalue weighted by Gasteiger charge is 2.17. The highest BCUT2D eigenvalue weighted by Crippen LogP contribution is 2.14. The van der Waals surface area contributed by atoms with Gasteiger partial charge in [0, 0.05) is 6.54 Å². The molecule has 6 heteroatoms. The summed E-state index contributed by atoms with van der Waals surface area (Å²) in [6.07, 6.45) is 1.81. The smallest absolute Gasteiger partial charge is 0.211 e. The summed E-state index contributed by atoms with van der Waals surface area (Å²) in [5.41, 5.74) is 0.747. The van der Waals surface area contributed by atoms with Crippen LogP contribution in [0.1, 0.15) is 24.0 Å². The maximum atomic E-state index is 13.5. The fourth-order valence-corrected chi connectivity index (χ4v) is 3.45. The molecule has 0 amide bonds. The Hall–Kier alpha value is -2.23. The van der Waals surface area contributed by atoms with Crippen LogP contribution < -0.4 is 4.72 Å². The third-order valence-electron chi connectivity index (χ3n) is 3.42. The molecule has 0 aliphatic carbocycles. The molecule has 120 valence electrons. The summed E-state index contributed by atoms with van der Waals surface area (Å²) in [5, 5.41) is 8.97. The Morgan fingerprint density at radius 2 is 1.74 bits per heavy atom. The van der Waals surface area contributed by atoms with Crippen LogP contribution >= 0.6 is 0 Å². The minimum atomic E-state index is -3.70. The van der Waals surface area contributed by atoms with Crippen molar-refractivity contribution >= 4 is 10.0 Å². The predicted molar refractivity (Wildman–Crippen MR) is 85.7 cm³/mol. The van der Waals surface area contributed by atoms with Crippen molar-refractivity contribution in [2.75, 3.05) is 6.54 Å². The number of nitrogens with one attached hydrogen (secondary N) is 1.